The van der Waals surface area contributed by atoms with E-state index in [2.05, 4.69) is 15.5 Å². The predicted molar refractivity (Wildman–Crippen MR) is 117 cm³/mol. The summed E-state index contributed by atoms with van der Waals surface area (Å²) in [4.78, 5) is 31.4. The smallest absolute Gasteiger partial charge is 0.325 e. The highest BCUT2D eigenvalue weighted by Crippen LogP contribution is 2.32. The molecular formula is C24H20N4O4. The summed E-state index contributed by atoms with van der Waals surface area (Å²) >= 11 is 0. The van der Waals surface area contributed by atoms with Crippen LogP contribution in [0.25, 0.3) is 22.2 Å². The zero-order valence-corrected chi connectivity index (χ0v) is 17.5. The predicted octanol–water partition coefficient (Wildman–Crippen LogP) is 3.87. The summed E-state index contributed by atoms with van der Waals surface area (Å²) in [6.07, 6.45) is 0. The van der Waals surface area contributed by atoms with E-state index >= 15 is 0 Å². The molecule has 3 aromatic carbocycles. The summed E-state index contributed by atoms with van der Waals surface area (Å²) in [5.41, 5.74) is 0.264. The SMILES string of the molecule is COc1ccc(-c2noc(CN3C(=O)N[C@@](C)(c4ccc5ccccc5c4)C3=O)n2)cc1. The number of amides is 3. The van der Waals surface area contributed by atoms with Gasteiger partial charge < -0.3 is 14.6 Å². The minimum atomic E-state index is -1.18. The standard InChI is InChI=1S/C24H20N4O4/c1-24(18-10-7-15-5-3-4-6-17(15)13-18)22(29)28(23(30)26-24)14-20-25-21(27-32-20)16-8-11-19(31-2)12-9-16/h3-13H,14H2,1-2H3,(H,26,30)/t24-/m0/s1. The first kappa shape index (κ1) is 19.7. The molecule has 1 aliphatic heterocycles. The van der Waals surface area contributed by atoms with Crippen molar-refractivity contribution in [1.82, 2.24) is 20.4 Å². The van der Waals surface area contributed by atoms with E-state index in [0.717, 1.165) is 21.2 Å². The van der Waals surface area contributed by atoms with Gasteiger partial charge >= 0.3 is 6.03 Å². The third-order valence-corrected chi connectivity index (χ3v) is 5.71. The number of hydrogen-bond acceptors (Lipinski definition) is 6. The van der Waals surface area contributed by atoms with Crippen molar-refractivity contribution in [3.63, 3.8) is 0 Å². The lowest BCUT2D eigenvalue weighted by molar-refractivity contribution is -0.131. The Balaban J connectivity index is 1.38. The van der Waals surface area contributed by atoms with Gasteiger partial charge in [-0.2, -0.15) is 4.98 Å². The molecule has 3 amide bonds. The van der Waals surface area contributed by atoms with E-state index in [-0.39, 0.29) is 18.3 Å². The Hall–Kier alpha value is -4.20. The molecule has 1 atom stereocenters. The second kappa shape index (κ2) is 7.49. The number of carbonyl (C=O) groups excluding carboxylic acids is 2. The largest absolute Gasteiger partial charge is 0.497 e. The number of aromatic nitrogens is 2. The summed E-state index contributed by atoms with van der Waals surface area (Å²) < 4.78 is 10.4. The minimum Gasteiger partial charge on any atom is -0.497 e. The quantitative estimate of drug-likeness (QED) is 0.485. The molecule has 8 nitrogen and oxygen atoms in total. The van der Waals surface area contributed by atoms with Crippen molar-refractivity contribution in [2.75, 3.05) is 7.11 Å². The number of benzene rings is 3. The van der Waals surface area contributed by atoms with Crippen LogP contribution in [0.5, 0.6) is 5.75 Å². The molecule has 0 radical (unpaired) electrons. The molecule has 1 saturated heterocycles. The van der Waals surface area contributed by atoms with Crippen LogP contribution in [-0.2, 0) is 16.9 Å². The number of fused-ring (bicyclic) bond motifs is 1. The minimum absolute atomic E-state index is 0.114. The number of methoxy groups -OCH3 is 1. The molecular weight excluding hydrogens is 408 g/mol. The van der Waals surface area contributed by atoms with Crippen LogP contribution < -0.4 is 10.1 Å². The van der Waals surface area contributed by atoms with Gasteiger partial charge in [-0.3, -0.25) is 9.69 Å². The molecule has 1 aliphatic rings. The van der Waals surface area contributed by atoms with Gasteiger partial charge in [0.15, 0.2) is 0 Å². The van der Waals surface area contributed by atoms with Gasteiger partial charge in [0.25, 0.3) is 5.91 Å². The van der Waals surface area contributed by atoms with Gasteiger partial charge in [0, 0.05) is 5.56 Å². The van der Waals surface area contributed by atoms with Crippen molar-refractivity contribution < 1.29 is 18.8 Å². The molecule has 4 aromatic rings. The lowest BCUT2D eigenvalue weighted by Crippen LogP contribution is -2.40. The average molecular weight is 428 g/mol. The van der Waals surface area contributed by atoms with Gasteiger partial charge in [0.05, 0.1) is 7.11 Å². The molecule has 32 heavy (non-hydrogen) atoms. The summed E-state index contributed by atoms with van der Waals surface area (Å²) in [6.45, 7) is 1.59. The number of nitrogens with zero attached hydrogens (tertiary/aromatic N) is 3. The van der Waals surface area contributed by atoms with Crippen LogP contribution in [0.1, 0.15) is 18.4 Å². The lowest BCUT2D eigenvalue weighted by atomic mass is 9.90. The zero-order chi connectivity index (χ0) is 22.3. The molecule has 2 heterocycles. The third kappa shape index (κ3) is 3.26. The summed E-state index contributed by atoms with van der Waals surface area (Å²) in [6, 6.07) is 20.3. The Kier molecular flexibility index (Phi) is 4.62. The fraction of sp³-hybridized carbons (Fsp3) is 0.167. The molecule has 0 aliphatic carbocycles. The second-order valence-electron chi connectivity index (χ2n) is 7.75. The number of carbonyl (C=O) groups is 2. The van der Waals surface area contributed by atoms with Gasteiger partial charge in [-0.05, 0) is 53.6 Å². The van der Waals surface area contributed by atoms with Gasteiger partial charge in [0.2, 0.25) is 11.7 Å². The van der Waals surface area contributed by atoms with Crippen molar-refractivity contribution in [2.24, 2.45) is 0 Å². The first-order valence-electron chi connectivity index (χ1n) is 10.1. The summed E-state index contributed by atoms with van der Waals surface area (Å²) in [7, 11) is 1.59. The number of hydrogen-bond donors (Lipinski definition) is 1. The van der Waals surface area contributed by atoms with Crippen LogP contribution in [0, 0.1) is 0 Å². The third-order valence-electron chi connectivity index (χ3n) is 5.71. The Labute approximate surface area is 183 Å². The van der Waals surface area contributed by atoms with Crippen LogP contribution in [0.2, 0.25) is 0 Å². The Morgan fingerprint density at radius 3 is 2.53 bits per heavy atom. The molecule has 0 spiro atoms. The van der Waals surface area contributed by atoms with Crippen molar-refractivity contribution in [2.45, 2.75) is 19.0 Å². The van der Waals surface area contributed by atoms with Gasteiger partial charge in [-0.1, -0.05) is 41.6 Å². The van der Waals surface area contributed by atoms with Crippen molar-refractivity contribution in [3.8, 4) is 17.1 Å². The van der Waals surface area contributed by atoms with Gasteiger partial charge in [0.1, 0.15) is 17.8 Å². The summed E-state index contributed by atoms with van der Waals surface area (Å²) in [5, 5.41) is 8.84. The van der Waals surface area contributed by atoms with Crippen LogP contribution >= 0.6 is 0 Å². The Morgan fingerprint density at radius 2 is 1.78 bits per heavy atom. The number of rotatable bonds is 5. The maximum atomic E-state index is 13.3. The van der Waals surface area contributed by atoms with E-state index < -0.39 is 11.6 Å². The van der Waals surface area contributed by atoms with Crippen LogP contribution in [-0.4, -0.2) is 34.1 Å². The zero-order valence-electron chi connectivity index (χ0n) is 17.5. The van der Waals surface area contributed by atoms with E-state index in [9.17, 15) is 9.59 Å². The molecule has 1 fully saturated rings. The normalized spacial score (nSPS) is 18.2. The molecule has 1 N–H and O–H groups in total. The number of nitrogens with one attached hydrogen (secondary N) is 1. The fourth-order valence-corrected chi connectivity index (χ4v) is 3.85. The highest BCUT2D eigenvalue weighted by molar-refractivity contribution is 6.07. The molecule has 0 saturated carbocycles. The second-order valence-corrected chi connectivity index (χ2v) is 7.75. The van der Waals surface area contributed by atoms with Gasteiger partial charge in [-0.15, -0.1) is 0 Å². The van der Waals surface area contributed by atoms with Crippen molar-refractivity contribution in [3.05, 3.63) is 78.2 Å². The molecule has 5 rings (SSSR count). The van der Waals surface area contributed by atoms with E-state index in [1.165, 1.54) is 0 Å². The van der Waals surface area contributed by atoms with Crippen LogP contribution in [0.3, 0.4) is 0 Å². The lowest BCUT2D eigenvalue weighted by Gasteiger charge is -2.22. The highest BCUT2D eigenvalue weighted by Gasteiger charge is 2.49. The number of ether oxygens (including phenoxy) is 1. The molecule has 1 aromatic heterocycles. The molecule has 160 valence electrons. The maximum absolute atomic E-state index is 13.3. The highest BCUT2D eigenvalue weighted by atomic mass is 16.5. The fourth-order valence-electron chi connectivity index (χ4n) is 3.85. The number of imide groups is 1. The van der Waals surface area contributed by atoms with E-state index in [0.29, 0.717) is 17.1 Å². The van der Waals surface area contributed by atoms with Crippen molar-refractivity contribution >= 4 is 22.7 Å². The Morgan fingerprint density at radius 1 is 1.03 bits per heavy atom. The monoisotopic (exact) mass is 428 g/mol. The first-order chi connectivity index (χ1) is 15.5. The van der Waals surface area contributed by atoms with Crippen molar-refractivity contribution in [1.29, 1.82) is 0 Å². The first-order valence-corrected chi connectivity index (χ1v) is 10.1. The van der Waals surface area contributed by atoms with Crippen LogP contribution in [0.4, 0.5) is 4.79 Å². The Bertz CT molecular complexity index is 1330. The van der Waals surface area contributed by atoms with E-state index in [1.807, 2.05) is 42.5 Å². The number of urea groups is 1. The molecule has 0 unspecified atom stereocenters. The van der Waals surface area contributed by atoms with Gasteiger partial charge in [-0.25, -0.2) is 4.79 Å². The van der Waals surface area contributed by atoms with E-state index in [1.54, 1.807) is 38.3 Å². The molecule has 0 bridgehead atoms. The van der Waals surface area contributed by atoms with E-state index in [4.69, 9.17) is 9.26 Å². The summed E-state index contributed by atoms with van der Waals surface area (Å²) in [5.74, 6) is 0.876. The average Bonchev–Trinajstić information content (AvgIpc) is 3.38. The maximum Gasteiger partial charge on any atom is 0.325 e. The van der Waals surface area contributed by atoms with Crippen LogP contribution in [0.15, 0.2) is 71.3 Å². The molecule has 8 heteroatoms. The topological polar surface area (TPSA) is 97.6 Å².